The Kier molecular flexibility index (Phi) is 5.50. The van der Waals surface area contributed by atoms with E-state index in [1.54, 1.807) is 24.7 Å². The average Bonchev–Trinajstić information content (AvgIpc) is 2.69. The lowest BCUT2D eigenvalue weighted by Crippen LogP contribution is -2.60. The zero-order valence-corrected chi connectivity index (χ0v) is 14.7. The van der Waals surface area contributed by atoms with Crippen LogP contribution in [0.3, 0.4) is 0 Å². The van der Waals surface area contributed by atoms with Crippen molar-refractivity contribution in [3.63, 3.8) is 0 Å². The van der Waals surface area contributed by atoms with Crippen LogP contribution in [-0.2, 0) is 4.79 Å². The van der Waals surface area contributed by atoms with Crippen LogP contribution in [0.5, 0.6) is 0 Å². The van der Waals surface area contributed by atoms with Crippen LogP contribution >= 0.6 is 11.8 Å². The molecule has 0 saturated carbocycles. The fourth-order valence-corrected chi connectivity index (χ4v) is 2.87. The molecule has 1 amide bonds. The summed E-state index contributed by atoms with van der Waals surface area (Å²) in [4.78, 5) is 21.4. The fraction of sp³-hybridized carbons (Fsp3) is 0.167. The van der Waals surface area contributed by atoms with E-state index in [2.05, 4.69) is 20.6 Å². The Balaban J connectivity index is 1.99. The second-order valence-corrected chi connectivity index (χ2v) is 5.89. The number of hydrogen-bond donors (Lipinski definition) is 3. The number of halogens is 1. The van der Waals surface area contributed by atoms with Gasteiger partial charge < -0.3 is 16.4 Å². The van der Waals surface area contributed by atoms with Gasteiger partial charge in [0.2, 0.25) is 0 Å². The normalized spacial score (nSPS) is 19.0. The first kappa shape index (κ1) is 17.9. The molecular formula is C18H19ClN6O. The molecule has 26 heavy (non-hydrogen) atoms. The molecule has 1 aromatic carbocycles. The van der Waals surface area contributed by atoms with Gasteiger partial charge in [-0.25, -0.2) is 9.41 Å². The van der Waals surface area contributed by atoms with Crippen LogP contribution in [0.4, 0.5) is 5.69 Å². The number of allylic oxidation sites excluding steroid dienone is 1. The molecule has 1 aliphatic heterocycles. The molecule has 8 heteroatoms. The fourth-order valence-electron chi connectivity index (χ4n) is 2.56. The van der Waals surface area contributed by atoms with Crippen molar-refractivity contribution < 1.29 is 4.79 Å². The number of para-hydroxylation sites is 1. The van der Waals surface area contributed by atoms with Gasteiger partial charge in [0.05, 0.1) is 5.70 Å². The summed E-state index contributed by atoms with van der Waals surface area (Å²) in [5.74, 6) is -1.96. The van der Waals surface area contributed by atoms with Gasteiger partial charge in [0.1, 0.15) is 0 Å². The molecule has 2 aromatic rings. The Hall–Kier alpha value is -2.90. The number of benzene rings is 1. The van der Waals surface area contributed by atoms with Crippen LogP contribution in [0, 0.1) is 0 Å². The Morgan fingerprint density at radius 2 is 1.92 bits per heavy atom. The molecule has 4 N–H and O–H groups in total. The molecule has 0 bridgehead atoms. The van der Waals surface area contributed by atoms with Crippen LogP contribution in [0.1, 0.15) is 5.56 Å². The molecular weight excluding hydrogens is 352 g/mol. The lowest BCUT2D eigenvalue weighted by Gasteiger charge is -2.39. The minimum absolute atomic E-state index is 0.311. The number of carbonyl (C=O) groups excluding carboxylic acids is 1. The number of anilines is 1. The summed E-state index contributed by atoms with van der Waals surface area (Å²) >= 11 is 6.64. The molecule has 2 heterocycles. The van der Waals surface area contributed by atoms with Crippen molar-refractivity contribution in [1.82, 2.24) is 14.7 Å². The first-order valence-corrected chi connectivity index (χ1v) is 8.45. The standard InChI is InChI=1S/C18H19ClN6O/c19-25-16(14-6-10-21-11-7-14)8-12-23-18(25,17(26)22-13-9-20)24-15-4-2-1-3-5-15/h1-8,10-12,24H,9,13,20H2,(H,22,26). The SMILES string of the molecule is NCCNC(=O)C1(Nc2ccccc2)N=CC=C(c2ccncc2)N1Cl. The van der Waals surface area contributed by atoms with Gasteiger partial charge in [0, 0.05) is 54.7 Å². The van der Waals surface area contributed by atoms with Crippen molar-refractivity contribution in [3.8, 4) is 0 Å². The zero-order valence-electron chi connectivity index (χ0n) is 14.0. The van der Waals surface area contributed by atoms with E-state index in [0.717, 1.165) is 5.56 Å². The quantitative estimate of drug-likeness (QED) is 0.674. The molecule has 134 valence electrons. The Morgan fingerprint density at radius 1 is 1.19 bits per heavy atom. The molecule has 7 nitrogen and oxygen atoms in total. The Labute approximate surface area is 156 Å². The third kappa shape index (κ3) is 3.54. The maximum Gasteiger partial charge on any atom is 0.303 e. The largest absolute Gasteiger partial charge is 0.349 e. The van der Waals surface area contributed by atoms with Gasteiger partial charge >= 0.3 is 5.79 Å². The van der Waals surface area contributed by atoms with E-state index >= 15 is 0 Å². The minimum atomic E-state index is -1.55. The van der Waals surface area contributed by atoms with Gasteiger partial charge in [-0.3, -0.25) is 9.78 Å². The van der Waals surface area contributed by atoms with Crippen molar-refractivity contribution in [2.45, 2.75) is 5.79 Å². The number of carbonyl (C=O) groups is 1. The highest BCUT2D eigenvalue weighted by molar-refractivity contribution is 6.21. The summed E-state index contributed by atoms with van der Waals surface area (Å²) in [6, 6.07) is 12.9. The molecule has 3 rings (SSSR count). The van der Waals surface area contributed by atoms with Crippen LogP contribution < -0.4 is 16.4 Å². The lowest BCUT2D eigenvalue weighted by atomic mass is 10.1. The highest BCUT2D eigenvalue weighted by Crippen LogP contribution is 2.34. The van der Waals surface area contributed by atoms with Crippen molar-refractivity contribution in [1.29, 1.82) is 0 Å². The number of aromatic nitrogens is 1. The van der Waals surface area contributed by atoms with Gasteiger partial charge in [-0.2, -0.15) is 0 Å². The maximum absolute atomic E-state index is 13.0. The first-order chi connectivity index (χ1) is 12.7. The maximum atomic E-state index is 13.0. The third-order valence-electron chi connectivity index (χ3n) is 3.80. The number of nitrogens with two attached hydrogens (primary N) is 1. The van der Waals surface area contributed by atoms with E-state index in [1.807, 2.05) is 42.5 Å². The van der Waals surface area contributed by atoms with Crippen molar-refractivity contribution in [3.05, 3.63) is 66.5 Å². The predicted molar refractivity (Wildman–Crippen MR) is 103 cm³/mol. The molecule has 1 aliphatic rings. The summed E-state index contributed by atoms with van der Waals surface area (Å²) in [5.41, 5.74) is 7.65. The number of nitrogens with one attached hydrogen (secondary N) is 2. The Morgan fingerprint density at radius 3 is 2.62 bits per heavy atom. The number of rotatable bonds is 6. The van der Waals surface area contributed by atoms with Crippen molar-refractivity contribution >= 4 is 35.3 Å². The van der Waals surface area contributed by atoms with Crippen LogP contribution in [0.15, 0.2) is 65.9 Å². The topological polar surface area (TPSA) is 95.6 Å². The summed E-state index contributed by atoms with van der Waals surface area (Å²) < 4.78 is 1.29. The summed E-state index contributed by atoms with van der Waals surface area (Å²) in [7, 11) is 0. The number of amides is 1. The van der Waals surface area contributed by atoms with Gasteiger partial charge in [0.15, 0.2) is 0 Å². The smallest absolute Gasteiger partial charge is 0.303 e. The number of aliphatic imine (C=N–C) groups is 1. The molecule has 1 aromatic heterocycles. The lowest BCUT2D eigenvalue weighted by molar-refractivity contribution is -0.127. The van der Waals surface area contributed by atoms with E-state index in [-0.39, 0.29) is 0 Å². The first-order valence-electron chi connectivity index (χ1n) is 8.11. The van der Waals surface area contributed by atoms with Crippen LogP contribution in [-0.4, -0.2) is 40.4 Å². The van der Waals surface area contributed by atoms with Crippen molar-refractivity contribution in [2.75, 3.05) is 18.4 Å². The van der Waals surface area contributed by atoms with E-state index in [1.165, 1.54) is 4.42 Å². The van der Waals surface area contributed by atoms with E-state index in [0.29, 0.717) is 24.5 Å². The van der Waals surface area contributed by atoms with E-state index in [4.69, 9.17) is 17.5 Å². The number of hydrogen-bond acceptors (Lipinski definition) is 6. The molecule has 0 saturated heterocycles. The Bertz CT molecular complexity index is 811. The average molecular weight is 371 g/mol. The molecule has 1 atom stereocenters. The second-order valence-electron chi connectivity index (χ2n) is 5.55. The molecule has 0 spiro atoms. The summed E-state index contributed by atoms with van der Waals surface area (Å²) in [6.07, 6.45) is 6.62. The highest BCUT2D eigenvalue weighted by Gasteiger charge is 2.46. The van der Waals surface area contributed by atoms with Crippen molar-refractivity contribution in [2.24, 2.45) is 10.7 Å². The molecule has 0 fully saturated rings. The van der Waals surface area contributed by atoms with E-state index < -0.39 is 11.7 Å². The zero-order chi connectivity index (χ0) is 18.4. The molecule has 1 unspecified atom stereocenters. The van der Waals surface area contributed by atoms with Gasteiger partial charge in [-0.1, -0.05) is 18.2 Å². The molecule has 0 radical (unpaired) electrons. The second kappa shape index (κ2) is 7.99. The predicted octanol–water partition coefficient (Wildman–Crippen LogP) is 1.80. The monoisotopic (exact) mass is 370 g/mol. The highest BCUT2D eigenvalue weighted by atomic mass is 35.5. The number of nitrogens with zero attached hydrogens (tertiary/aromatic N) is 3. The summed E-state index contributed by atoms with van der Waals surface area (Å²) in [5, 5.41) is 5.90. The molecule has 0 aliphatic carbocycles. The minimum Gasteiger partial charge on any atom is -0.349 e. The van der Waals surface area contributed by atoms with Gasteiger partial charge in [-0.05, 0) is 30.3 Å². The van der Waals surface area contributed by atoms with Crippen LogP contribution in [0.2, 0.25) is 0 Å². The van der Waals surface area contributed by atoms with E-state index in [9.17, 15) is 4.79 Å². The summed E-state index contributed by atoms with van der Waals surface area (Å²) in [6.45, 7) is 0.623. The van der Waals surface area contributed by atoms with Crippen LogP contribution in [0.25, 0.3) is 5.70 Å². The van der Waals surface area contributed by atoms with Gasteiger partial charge in [0.25, 0.3) is 5.91 Å². The van der Waals surface area contributed by atoms with Gasteiger partial charge in [-0.15, -0.1) is 0 Å². The number of pyridine rings is 1. The third-order valence-corrected chi connectivity index (χ3v) is 4.23.